The van der Waals surface area contributed by atoms with E-state index in [1.807, 2.05) is 6.92 Å². The summed E-state index contributed by atoms with van der Waals surface area (Å²) in [7, 11) is 0. The van der Waals surface area contributed by atoms with E-state index in [1.54, 1.807) is 22.8 Å². The van der Waals surface area contributed by atoms with Crippen LogP contribution in [0.3, 0.4) is 0 Å². The van der Waals surface area contributed by atoms with Crippen molar-refractivity contribution in [3.63, 3.8) is 0 Å². The number of aromatic nitrogens is 3. The van der Waals surface area contributed by atoms with Crippen LogP contribution < -0.4 is 5.32 Å². The molecular weight excluding hydrogens is 446 g/mol. The molecule has 3 aromatic rings. The molecule has 0 aliphatic carbocycles. The lowest BCUT2D eigenvalue weighted by Gasteiger charge is -2.10. The predicted molar refractivity (Wildman–Crippen MR) is 112 cm³/mol. The first-order valence-corrected chi connectivity index (χ1v) is 10.3. The molecule has 1 amide bonds. The van der Waals surface area contributed by atoms with Crippen LogP contribution in [-0.4, -0.2) is 26.4 Å². The van der Waals surface area contributed by atoms with Crippen molar-refractivity contribution < 1.29 is 9.18 Å². The molecule has 0 bridgehead atoms. The van der Waals surface area contributed by atoms with Crippen LogP contribution in [-0.2, 0) is 11.3 Å². The normalized spacial score (nSPS) is 10.9. The minimum atomic E-state index is -0.381. The van der Waals surface area contributed by atoms with Gasteiger partial charge in [-0.05, 0) is 31.2 Å². The average molecular weight is 460 g/mol. The van der Waals surface area contributed by atoms with Crippen molar-refractivity contribution >= 4 is 58.2 Å². The van der Waals surface area contributed by atoms with E-state index in [9.17, 15) is 9.18 Å². The van der Waals surface area contributed by atoms with Gasteiger partial charge in [0.25, 0.3) is 0 Å². The van der Waals surface area contributed by atoms with Gasteiger partial charge in [0.2, 0.25) is 5.91 Å². The molecule has 0 aliphatic heterocycles. The number of nitrogens with one attached hydrogen (secondary N) is 1. The summed E-state index contributed by atoms with van der Waals surface area (Å²) in [6, 6.07) is 9.29. The summed E-state index contributed by atoms with van der Waals surface area (Å²) < 4.78 is 15.8. The van der Waals surface area contributed by atoms with E-state index in [2.05, 4.69) is 15.5 Å². The Morgan fingerprint density at radius 2 is 1.86 bits per heavy atom. The smallest absolute Gasteiger partial charge is 0.234 e. The van der Waals surface area contributed by atoms with Crippen LogP contribution in [0.15, 0.2) is 41.6 Å². The molecule has 5 nitrogen and oxygen atoms in total. The number of rotatable bonds is 6. The van der Waals surface area contributed by atoms with E-state index in [1.165, 1.54) is 30.0 Å². The molecule has 0 aliphatic rings. The lowest BCUT2D eigenvalue weighted by atomic mass is 10.2. The maximum Gasteiger partial charge on any atom is 0.234 e. The number of carbonyl (C=O) groups is 1. The zero-order valence-corrected chi connectivity index (χ0v) is 17.6. The van der Waals surface area contributed by atoms with Gasteiger partial charge in [-0.25, -0.2) is 4.39 Å². The molecular formula is C18H14Cl3FN4OS. The lowest BCUT2D eigenvalue weighted by Crippen LogP contribution is -2.15. The molecule has 28 heavy (non-hydrogen) atoms. The zero-order chi connectivity index (χ0) is 20.3. The molecule has 0 radical (unpaired) electrons. The van der Waals surface area contributed by atoms with Crippen molar-refractivity contribution in [2.45, 2.75) is 18.6 Å². The van der Waals surface area contributed by atoms with Crippen LogP contribution in [0, 0.1) is 5.82 Å². The van der Waals surface area contributed by atoms with Crippen LogP contribution in [0.2, 0.25) is 15.1 Å². The fourth-order valence-corrected chi connectivity index (χ4v) is 3.85. The van der Waals surface area contributed by atoms with Crippen LogP contribution in [0.25, 0.3) is 11.4 Å². The molecule has 1 N–H and O–H groups in total. The Hall–Kier alpha value is -1.80. The molecule has 0 saturated carbocycles. The first-order chi connectivity index (χ1) is 13.4. The van der Waals surface area contributed by atoms with Gasteiger partial charge in [0.15, 0.2) is 11.0 Å². The third kappa shape index (κ3) is 4.60. The Balaban J connectivity index is 1.72. The molecule has 0 saturated heterocycles. The highest BCUT2D eigenvalue weighted by Gasteiger charge is 2.17. The van der Waals surface area contributed by atoms with Crippen LogP contribution in [0.4, 0.5) is 10.1 Å². The molecule has 1 aromatic heterocycles. The molecule has 146 valence electrons. The fraction of sp³-hybridized carbons (Fsp3) is 0.167. The van der Waals surface area contributed by atoms with Crippen molar-refractivity contribution in [1.82, 2.24) is 14.8 Å². The van der Waals surface area contributed by atoms with Gasteiger partial charge in [-0.2, -0.15) is 0 Å². The Bertz CT molecular complexity index is 1030. The highest BCUT2D eigenvalue weighted by molar-refractivity contribution is 7.99. The first-order valence-electron chi connectivity index (χ1n) is 8.16. The quantitative estimate of drug-likeness (QED) is 0.374. The lowest BCUT2D eigenvalue weighted by molar-refractivity contribution is -0.113. The zero-order valence-electron chi connectivity index (χ0n) is 14.5. The second kappa shape index (κ2) is 9.13. The molecule has 0 atom stereocenters. The standard InChI is InChI=1S/C18H14Cl3FN4OS/c1-2-26-17(10-5-3-4-6-14(10)22)24-25-18(26)28-9-16(27)23-15-8-12(20)11(19)7-13(15)21/h3-8H,2,9H2,1H3,(H,23,27). The fourth-order valence-electron chi connectivity index (χ4n) is 2.46. The number of amides is 1. The average Bonchev–Trinajstić information content (AvgIpc) is 3.07. The molecule has 10 heteroatoms. The Labute approximate surface area is 180 Å². The van der Waals surface area contributed by atoms with Gasteiger partial charge >= 0.3 is 0 Å². The van der Waals surface area contributed by atoms with Gasteiger partial charge in [0.1, 0.15) is 5.82 Å². The van der Waals surface area contributed by atoms with Crippen molar-refractivity contribution in [2.75, 3.05) is 11.1 Å². The van der Waals surface area contributed by atoms with E-state index in [0.717, 1.165) is 0 Å². The summed E-state index contributed by atoms with van der Waals surface area (Å²) in [6.45, 7) is 2.42. The maximum atomic E-state index is 14.1. The van der Waals surface area contributed by atoms with Gasteiger partial charge in [0.05, 0.1) is 32.1 Å². The van der Waals surface area contributed by atoms with E-state index < -0.39 is 0 Å². The second-order valence-electron chi connectivity index (χ2n) is 5.61. The van der Waals surface area contributed by atoms with E-state index in [-0.39, 0.29) is 27.5 Å². The van der Waals surface area contributed by atoms with Gasteiger partial charge in [-0.15, -0.1) is 10.2 Å². The Kier molecular flexibility index (Phi) is 6.82. The number of benzene rings is 2. The Morgan fingerprint density at radius 1 is 1.14 bits per heavy atom. The van der Waals surface area contributed by atoms with Gasteiger partial charge in [-0.1, -0.05) is 58.7 Å². The highest BCUT2D eigenvalue weighted by Crippen LogP contribution is 2.32. The number of thioether (sulfide) groups is 1. The monoisotopic (exact) mass is 458 g/mol. The number of nitrogens with zero attached hydrogens (tertiary/aromatic N) is 3. The number of halogens is 4. The summed E-state index contributed by atoms with van der Waals surface area (Å²) in [6.07, 6.45) is 0. The highest BCUT2D eigenvalue weighted by atomic mass is 35.5. The van der Waals surface area contributed by atoms with Crippen LogP contribution in [0.5, 0.6) is 0 Å². The van der Waals surface area contributed by atoms with Crippen molar-refractivity contribution in [2.24, 2.45) is 0 Å². The summed E-state index contributed by atoms with van der Waals surface area (Å²) in [4.78, 5) is 12.3. The molecule has 0 unspecified atom stereocenters. The largest absolute Gasteiger partial charge is 0.324 e. The molecule has 0 spiro atoms. The number of anilines is 1. The third-order valence-corrected chi connectivity index (χ3v) is 5.77. The molecule has 2 aromatic carbocycles. The van der Waals surface area contributed by atoms with Gasteiger partial charge in [-0.3, -0.25) is 4.79 Å². The molecule has 3 rings (SSSR count). The molecule has 0 fully saturated rings. The molecule has 1 heterocycles. The van der Waals surface area contributed by atoms with Crippen molar-refractivity contribution in [3.8, 4) is 11.4 Å². The SMILES string of the molecule is CCn1c(SCC(=O)Nc2cc(Cl)c(Cl)cc2Cl)nnc1-c1ccccc1F. The van der Waals surface area contributed by atoms with Crippen molar-refractivity contribution in [1.29, 1.82) is 0 Å². The third-order valence-electron chi connectivity index (χ3n) is 3.76. The van der Waals surface area contributed by atoms with Gasteiger partial charge < -0.3 is 9.88 Å². The number of carbonyl (C=O) groups excluding carboxylic acids is 1. The number of hydrogen-bond donors (Lipinski definition) is 1. The van der Waals surface area contributed by atoms with Gasteiger partial charge in [0, 0.05) is 6.54 Å². The van der Waals surface area contributed by atoms with E-state index in [4.69, 9.17) is 34.8 Å². The predicted octanol–water partition coefficient (Wildman–Crippen LogP) is 5.80. The summed E-state index contributed by atoms with van der Waals surface area (Å²) in [5.41, 5.74) is 0.724. The summed E-state index contributed by atoms with van der Waals surface area (Å²) in [5.74, 6) is -0.209. The summed E-state index contributed by atoms with van der Waals surface area (Å²) >= 11 is 19.1. The minimum absolute atomic E-state index is 0.0615. The van der Waals surface area contributed by atoms with Crippen molar-refractivity contribution in [3.05, 3.63) is 57.3 Å². The minimum Gasteiger partial charge on any atom is -0.324 e. The van der Waals surface area contributed by atoms with E-state index >= 15 is 0 Å². The first kappa shape index (κ1) is 20.9. The summed E-state index contributed by atoms with van der Waals surface area (Å²) in [5, 5.41) is 12.2. The number of hydrogen-bond acceptors (Lipinski definition) is 4. The van der Waals surface area contributed by atoms with Crippen LogP contribution >= 0.6 is 46.6 Å². The maximum absolute atomic E-state index is 14.1. The topological polar surface area (TPSA) is 59.8 Å². The van der Waals surface area contributed by atoms with Crippen LogP contribution in [0.1, 0.15) is 6.92 Å². The second-order valence-corrected chi connectivity index (χ2v) is 7.78. The Morgan fingerprint density at radius 3 is 2.57 bits per heavy atom. The van der Waals surface area contributed by atoms with E-state index in [0.29, 0.717) is 33.8 Å².